The Bertz CT molecular complexity index is 891. The zero-order valence-electron chi connectivity index (χ0n) is 15.4. The molecule has 0 fully saturated rings. The van der Waals surface area contributed by atoms with Crippen molar-refractivity contribution in [1.29, 1.82) is 0 Å². The van der Waals surface area contributed by atoms with Gasteiger partial charge in [0.2, 0.25) is 0 Å². The third-order valence-corrected chi connectivity index (χ3v) is 4.92. The van der Waals surface area contributed by atoms with Gasteiger partial charge in [0.05, 0.1) is 11.1 Å². The molecule has 0 aromatic heterocycles. The molecule has 0 saturated heterocycles. The molecule has 0 bridgehead atoms. The molecule has 0 aliphatic carbocycles. The molecule has 1 aliphatic rings. The third-order valence-electron chi connectivity index (χ3n) is 4.92. The normalized spacial score (nSPS) is 16.4. The molecular weight excluding hydrogens is 352 g/mol. The summed E-state index contributed by atoms with van der Waals surface area (Å²) in [5.74, 6) is -1.05. The van der Waals surface area contributed by atoms with Gasteiger partial charge >= 0.3 is 0 Å². The number of nitrogens with zero attached hydrogens (tertiary/aromatic N) is 1. The minimum absolute atomic E-state index is 0.0755. The van der Waals surface area contributed by atoms with Crippen LogP contribution in [-0.2, 0) is 9.53 Å². The van der Waals surface area contributed by atoms with E-state index in [-0.39, 0.29) is 17.9 Å². The van der Waals surface area contributed by atoms with Crippen molar-refractivity contribution in [3.05, 3.63) is 77.1 Å². The van der Waals surface area contributed by atoms with Crippen molar-refractivity contribution in [3.8, 4) is 0 Å². The number of rotatable bonds is 4. The quantitative estimate of drug-likeness (QED) is 0.881. The van der Waals surface area contributed by atoms with Crippen LogP contribution in [0.3, 0.4) is 0 Å². The summed E-state index contributed by atoms with van der Waals surface area (Å²) >= 11 is 0. The lowest BCUT2D eigenvalue weighted by Crippen LogP contribution is -2.54. The van der Waals surface area contributed by atoms with Gasteiger partial charge in [0.15, 0.2) is 6.73 Å². The van der Waals surface area contributed by atoms with E-state index in [1.165, 1.54) is 41.3 Å². The van der Waals surface area contributed by atoms with Crippen LogP contribution in [0.15, 0.2) is 54.3 Å². The molecule has 2 aromatic rings. The van der Waals surface area contributed by atoms with Crippen LogP contribution in [0.5, 0.6) is 0 Å². The van der Waals surface area contributed by atoms with Crippen LogP contribution >= 0.6 is 0 Å². The average Bonchev–Trinajstić information content (AvgIpc) is 2.63. The van der Waals surface area contributed by atoms with Gasteiger partial charge in [-0.1, -0.05) is 30.3 Å². The van der Waals surface area contributed by atoms with Gasteiger partial charge in [-0.05, 0) is 44.5 Å². The Balaban J connectivity index is 1.96. The van der Waals surface area contributed by atoms with Crippen molar-refractivity contribution in [2.45, 2.75) is 32.4 Å². The van der Waals surface area contributed by atoms with Crippen molar-refractivity contribution in [1.82, 2.24) is 4.90 Å². The summed E-state index contributed by atoms with van der Waals surface area (Å²) in [4.78, 5) is 14.5. The van der Waals surface area contributed by atoms with E-state index in [0.717, 1.165) is 0 Å². The highest BCUT2D eigenvalue weighted by Crippen LogP contribution is 2.37. The molecule has 1 amide bonds. The van der Waals surface area contributed by atoms with Crippen LogP contribution in [0.1, 0.15) is 38.0 Å². The molecule has 1 aliphatic heterocycles. The number of halogens is 2. The Morgan fingerprint density at radius 3 is 2.37 bits per heavy atom. The Labute approximate surface area is 156 Å². The highest BCUT2D eigenvalue weighted by atomic mass is 19.1. The zero-order chi connectivity index (χ0) is 19.8. The SMILES string of the molecule is CC1=C(c2ccccc2F)C(=O)N(C(C)(C)C(O)c2ccc(F)cc2)CO1. The number of carbonyl (C=O) groups is 1. The lowest BCUT2D eigenvalue weighted by molar-refractivity contribution is -0.146. The number of hydrogen-bond acceptors (Lipinski definition) is 3. The number of ether oxygens (including phenoxy) is 1. The molecule has 0 saturated carbocycles. The summed E-state index contributed by atoms with van der Waals surface area (Å²) in [6.07, 6.45) is -1.09. The second-order valence-corrected chi connectivity index (χ2v) is 7.03. The summed E-state index contributed by atoms with van der Waals surface area (Å²) in [7, 11) is 0. The number of aliphatic hydroxyl groups excluding tert-OH is 1. The molecule has 0 spiro atoms. The summed E-state index contributed by atoms with van der Waals surface area (Å²) in [5, 5.41) is 10.8. The van der Waals surface area contributed by atoms with Gasteiger partial charge in [-0.25, -0.2) is 8.78 Å². The van der Waals surface area contributed by atoms with Gasteiger partial charge < -0.3 is 9.84 Å². The van der Waals surface area contributed by atoms with Crippen LogP contribution in [0.25, 0.3) is 5.57 Å². The number of carbonyl (C=O) groups excluding carboxylic acids is 1. The van der Waals surface area contributed by atoms with E-state index >= 15 is 0 Å². The van der Waals surface area contributed by atoms with E-state index in [0.29, 0.717) is 11.3 Å². The summed E-state index contributed by atoms with van der Waals surface area (Å²) < 4.78 is 33.1. The monoisotopic (exact) mass is 373 g/mol. The van der Waals surface area contributed by atoms with Crippen LogP contribution < -0.4 is 0 Å². The second kappa shape index (κ2) is 7.12. The van der Waals surface area contributed by atoms with Gasteiger partial charge in [0.1, 0.15) is 23.5 Å². The maximum absolute atomic E-state index is 14.3. The highest BCUT2D eigenvalue weighted by Gasteiger charge is 2.42. The molecule has 142 valence electrons. The Morgan fingerprint density at radius 2 is 1.74 bits per heavy atom. The first-order valence-corrected chi connectivity index (χ1v) is 8.57. The molecule has 4 nitrogen and oxygen atoms in total. The van der Waals surface area contributed by atoms with Crippen molar-refractivity contribution in [2.24, 2.45) is 0 Å². The third kappa shape index (κ3) is 3.45. The molecule has 1 atom stereocenters. The maximum Gasteiger partial charge on any atom is 0.261 e. The van der Waals surface area contributed by atoms with Gasteiger partial charge in [0.25, 0.3) is 5.91 Å². The first-order valence-electron chi connectivity index (χ1n) is 8.57. The van der Waals surface area contributed by atoms with Crippen LogP contribution in [0, 0.1) is 11.6 Å². The maximum atomic E-state index is 14.3. The Kier molecular flexibility index (Phi) is 5.02. The molecule has 1 heterocycles. The smallest absolute Gasteiger partial charge is 0.261 e. The first-order chi connectivity index (χ1) is 12.7. The first kappa shape index (κ1) is 19.0. The van der Waals surface area contributed by atoms with Gasteiger partial charge in [0, 0.05) is 5.56 Å². The molecule has 1 N–H and O–H groups in total. The number of amides is 1. The summed E-state index contributed by atoms with van der Waals surface area (Å²) in [6, 6.07) is 11.4. The van der Waals surface area contributed by atoms with Crippen LogP contribution in [0.2, 0.25) is 0 Å². The highest BCUT2D eigenvalue weighted by molar-refractivity contribution is 6.20. The molecular formula is C21H21F2NO3. The second-order valence-electron chi connectivity index (χ2n) is 7.03. The minimum atomic E-state index is -1.09. The van der Waals surface area contributed by atoms with Crippen LogP contribution in [0.4, 0.5) is 8.78 Å². The van der Waals surface area contributed by atoms with Crippen molar-refractivity contribution < 1.29 is 23.4 Å². The van der Waals surface area contributed by atoms with Gasteiger partial charge in [-0.15, -0.1) is 0 Å². The predicted molar refractivity (Wildman–Crippen MR) is 97.2 cm³/mol. The number of benzene rings is 2. The van der Waals surface area contributed by atoms with Crippen LogP contribution in [-0.4, -0.2) is 28.2 Å². The van der Waals surface area contributed by atoms with Gasteiger partial charge in [-0.2, -0.15) is 0 Å². The van der Waals surface area contributed by atoms with E-state index < -0.39 is 29.2 Å². The fraction of sp³-hybridized carbons (Fsp3) is 0.286. The topological polar surface area (TPSA) is 49.8 Å². The van der Waals surface area contributed by atoms with E-state index in [1.807, 2.05) is 0 Å². The summed E-state index contributed by atoms with van der Waals surface area (Å²) in [5.41, 5.74) is -0.338. The number of allylic oxidation sites excluding steroid dienone is 1. The standard InChI is InChI=1S/C21H21F2NO3/c1-13-18(16-6-4-5-7-17(16)23)20(26)24(12-27-13)21(2,3)19(25)14-8-10-15(22)11-9-14/h4-11,19,25H,12H2,1-3H3. The van der Waals surface area contributed by atoms with E-state index in [9.17, 15) is 18.7 Å². The zero-order valence-corrected chi connectivity index (χ0v) is 15.4. The van der Waals surface area contributed by atoms with Crippen molar-refractivity contribution in [3.63, 3.8) is 0 Å². The van der Waals surface area contributed by atoms with Gasteiger partial charge in [-0.3, -0.25) is 9.69 Å². The fourth-order valence-corrected chi connectivity index (χ4v) is 3.18. The molecule has 3 rings (SSSR count). The molecule has 27 heavy (non-hydrogen) atoms. The molecule has 2 aromatic carbocycles. The molecule has 1 unspecified atom stereocenters. The molecule has 0 radical (unpaired) electrons. The van der Waals surface area contributed by atoms with Crippen molar-refractivity contribution >= 4 is 11.5 Å². The lowest BCUT2D eigenvalue weighted by Gasteiger charge is -2.44. The molecule has 6 heteroatoms. The summed E-state index contributed by atoms with van der Waals surface area (Å²) in [6.45, 7) is 4.90. The number of aliphatic hydroxyl groups is 1. The minimum Gasteiger partial charge on any atom is -0.477 e. The van der Waals surface area contributed by atoms with E-state index in [4.69, 9.17) is 4.74 Å². The Morgan fingerprint density at radius 1 is 1.11 bits per heavy atom. The average molecular weight is 373 g/mol. The largest absolute Gasteiger partial charge is 0.477 e. The van der Waals surface area contributed by atoms with E-state index in [2.05, 4.69) is 0 Å². The number of hydrogen-bond donors (Lipinski definition) is 1. The fourth-order valence-electron chi connectivity index (χ4n) is 3.18. The van der Waals surface area contributed by atoms with E-state index in [1.54, 1.807) is 32.9 Å². The predicted octanol–water partition coefficient (Wildman–Crippen LogP) is 4.02. The Hall–Kier alpha value is -2.73. The van der Waals surface area contributed by atoms with Crippen molar-refractivity contribution in [2.75, 3.05) is 6.73 Å². The lowest BCUT2D eigenvalue weighted by atomic mass is 9.88.